The van der Waals surface area contributed by atoms with Crippen molar-refractivity contribution in [1.82, 2.24) is 4.57 Å². The summed E-state index contributed by atoms with van der Waals surface area (Å²) in [5.41, 5.74) is 3.83. The second-order valence-corrected chi connectivity index (χ2v) is 6.86. The number of fused-ring (bicyclic) bond motifs is 1. The topological polar surface area (TPSA) is 54.3 Å². The van der Waals surface area contributed by atoms with Crippen LogP contribution in [0.15, 0.2) is 54.7 Å². The number of aryl methyl sites for hydroxylation is 1. The molecule has 5 nitrogen and oxygen atoms in total. The van der Waals surface area contributed by atoms with Gasteiger partial charge >= 0.3 is 0 Å². The highest BCUT2D eigenvalue weighted by molar-refractivity contribution is 5.97. The van der Waals surface area contributed by atoms with Crippen LogP contribution in [0, 0.1) is 6.92 Å². The van der Waals surface area contributed by atoms with Gasteiger partial charge in [0.05, 0.1) is 5.52 Å². The zero-order valence-corrected chi connectivity index (χ0v) is 16.7. The van der Waals surface area contributed by atoms with E-state index >= 15 is 0 Å². The molecule has 28 heavy (non-hydrogen) atoms. The summed E-state index contributed by atoms with van der Waals surface area (Å²) in [5.74, 6) is -0.228. The zero-order valence-electron chi connectivity index (χ0n) is 16.7. The zero-order chi connectivity index (χ0) is 20.1. The first-order valence-electron chi connectivity index (χ1n) is 9.78. The molecular formula is C23H27N3O2. The number of hydrogen-bond donors (Lipinski definition) is 1. The largest absolute Gasteiger partial charge is 0.372 e. The molecule has 0 aliphatic rings. The number of amides is 1. The molecule has 5 heteroatoms. The van der Waals surface area contributed by atoms with Gasteiger partial charge < -0.3 is 10.2 Å². The number of nitrogens with one attached hydrogen (secondary N) is 1. The van der Waals surface area contributed by atoms with Gasteiger partial charge in [-0.3, -0.25) is 14.2 Å². The van der Waals surface area contributed by atoms with E-state index in [0.717, 1.165) is 40.9 Å². The summed E-state index contributed by atoms with van der Waals surface area (Å²) in [7, 11) is 0. The van der Waals surface area contributed by atoms with Crippen LogP contribution < -0.4 is 10.2 Å². The van der Waals surface area contributed by atoms with Gasteiger partial charge in [0.2, 0.25) is 11.8 Å². The van der Waals surface area contributed by atoms with Crippen LogP contribution in [0.1, 0.15) is 37.0 Å². The molecule has 0 aliphatic carbocycles. The van der Waals surface area contributed by atoms with Crippen LogP contribution in [-0.4, -0.2) is 29.5 Å². The molecule has 1 heterocycles. The average molecular weight is 377 g/mol. The fourth-order valence-corrected chi connectivity index (χ4v) is 3.43. The molecule has 0 radical (unpaired) electrons. The van der Waals surface area contributed by atoms with E-state index in [1.807, 2.05) is 49.4 Å². The minimum absolute atomic E-state index is 0.0787. The van der Waals surface area contributed by atoms with Gasteiger partial charge in [-0.15, -0.1) is 0 Å². The summed E-state index contributed by atoms with van der Waals surface area (Å²) >= 11 is 0. The van der Waals surface area contributed by atoms with E-state index in [1.165, 1.54) is 0 Å². The van der Waals surface area contributed by atoms with Crippen molar-refractivity contribution in [2.24, 2.45) is 0 Å². The van der Waals surface area contributed by atoms with Crippen LogP contribution in [0.25, 0.3) is 10.9 Å². The van der Waals surface area contributed by atoms with E-state index in [2.05, 4.69) is 30.1 Å². The van der Waals surface area contributed by atoms with Gasteiger partial charge in [0.1, 0.15) is 0 Å². The van der Waals surface area contributed by atoms with Crippen LogP contribution in [-0.2, 0) is 4.79 Å². The first kappa shape index (κ1) is 19.7. The van der Waals surface area contributed by atoms with Crippen molar-refractivity contribution in [1.29, 1.82) is 0 Å². The number of rotatable bonds is 7. The van der Waals surface area contributed by atoms with Crippen molar-refractivity contribution in [3.05, 3.63) is 60.3 Å². The maximum atomic E-state index is 12.5. The number of carbonyl (C=O) groups excluding carboxylic acids is 2. The second kappa shape index (κ2) is 8.74. The standard InChI is InChI=1S/C23H27N3O2/c1-4-25(5-2)19-10-11-20(17(3)16-19)24-22(27)12-13-23(28)26-15-14-18-8-6-7-9-21(18)26/h6-11,14-16H,4-5,12-13H2,1-3H3,(H,24,27). The number of para-hydroxylation sites is 1. The summed E-state index contributed by atoms with van der Waals surface area (Å²) in [5, 5.41) is 3.95. The molecule has 2 aromatic carbocycles. The summed E-state index contributed by atoms with van der Waals surface area (Å²) in [6, 6.07) is 15.7. The molecule has 0 bridgehead atoms. The lowest BCUT2D eigenvalue weighted by Crippen LogP contribution is -2.22. The van der Waals surface area contributed by atoms with Gasteiger partial charge in [-0.1, -0.05) is 18.2 Å². The van der Waals surface area contributed by atoms with Gasteiger partial charge in [0.25, 0.3) is 0 Å². The highest BCUT2D eigenvalue weighted by atomic mass is 16.2. The molecule has 0 fully saturated rings. The molecule has 3 rings (SSSR count). The molecule has 1 aromatic heterocycles. The number of benzene rings is 2. The third-order valence-corrected chi connectivity index (χ3v) is 5.05. The van der Waals surface area contributed by atoms with E-state index in [0.29, 0.717) is 0 Å². The van der Waals surface area contributed by atoms with Gasteiger partial charge in [0.15, 0.2) is 0 Å². The van der Waals surface area contributed by atoms with Crippen molar-refractivity contribution in [2.75, 3.05) is 23.3 Å². The Bertz CT molecular complexity index is 986. The van der Waals surface area contributed by atoms with Crippen molar-refractivity contribution in [2.45, 2.75) is 33.6 Å². The molecule has 1 amide bonds. The molecule has 0 saturated carbocycles. The van der Waals surface area contributed by atoms with Crippen molar-refractivity contribution in [3.63, 3.8) is 0 Å². The maximum absolute atomic E-state index is 12.5. The summed E-state index contributed by atoms with van der Waals surface area (Å²) < 4.78 is 1.62. The Morgan fingerprint density at radius 1 is 1.00 bits per heavy atom. The minimum Gasteiger partial charge on any atom is -0.372 e. The van der Waals surface area contributed by atoms with E-state index in [1.54, 1.807) is 10.8 Å². The first-order valence-corrected chi connectivity index (χ1v) is 9.78. The number of nitrogens with zero attached hydrogens (tertiary/aromatic N) is 2. The second-order valence-electron chi connectivity index (χ2n) is 6.86. The van der Waals surface area contributed by atoms with Crippen molar-refractivity contribution in [3.8, 4) is 0 Å². The molecule has 3 aromatic rings. The van der Waals surface area contributed by atoms with Crippen molar-refractivity contribution >= 4 is 34.1 Å². The van der Waals surface area contributed by atoms with Crippen LogP contribution >= 0.6 is 0 Å². The predicted octanol–water partition coefficient (Wildman–Crippen LogP) is 4.86. The average Bonchev–Trinajstić information content (AvgIpc) is 3.13. The van der Waals surface area contributed by atoms with Gasteiger partial charge in [-0.25, -0.2) is 0 Å². The fraction of sp³-hybridized carbons (Fsp3) is 0.304. The molecule has 0 spiro atoms. The third-order valence-electron chi connectivity index (χ3n) is 5.05. The summed E-state index contributed by atoms with van der Waals surface area (Å²) in [6.45, 7) is 8.12. The highest BCUT2D eigenvalue weighted by Gasteiger charge is 2.12. The molecule has 1 N–H and O–H groups in total. The fourth-order valence-electron chi connectivity index (χ4n) is 3.43. The Balaban J connectivity index is 1.60. The molecule has 0 aliphatic heterocycles. The van der Waals surface area contributed by atoms with Crippen LogP contribution in [0.5, 0.6) is 0 Å². The Morgan fingerprint density at radius 2 is 1.75 bits per heavy atom. The van der Waals surface area contributed by atoms with Gasteiger partial charge in [-0.05, 0) is 56.7 Å². The van der Waals surface area contributed by atoms with Gasteiger partial charge in [-0.2, -0.15) is 0 Å². The number of anilines is 2. The Hall–Kier alpha value is -3.08. The predicted molar refractivity (Wildman–Crippen MR) is 115 cm³/mol. The van der Waals surface area contributed by atoms with Crippen LogP contribution in [0.3, 0.4) is 0 Å². The van der Waals surface area contributed by atoms with Crippen LogP contribution in [0.2, 0.25) is 0 Å². The van der Waals surface area contributed by atoms with E-state index in [4.69, 9.17) is 0 Å². The number of carbonyl (C=O) groups is 2. The molecule has 0 atom stereocenters. The molecule has 146 valence electrons. The molecule has 0 saturated heterocycles. The van der Waals surface area contributed by atoms with Crippen molar-refractivity contribution < 1.29 is 9.59 Å². The Morgan fingerprint density at radius 3 is 2.46 bits per heavy atom. The van der Waals surface area contributed by atoms with E-state index in [-0.39, 0.29) is 24.7 Å². The summed E-state index contributed by atoms with van der Waals surface area (Å²) in [4.78, 5) is 27.1. The van der Waals surface area contributed by atoms with Gasteiger partial charge in [0, 0.05) is 48.9 Å². The lowest BCUT2D eigenvalue weighted by molar-refractivity contribution is -0.116. The number of aromatic nitrogens is 1. The monoisotopic (exact) mass is 377 g/mol. The SMILES string of the molecule is CCN(CC)c1ccc(NC(=O)CCC(=O)n2ccc3ccccc32)c(C)c1. The lowest BCUT2D eigenvalue weighted by Gasteiger charge is -2.22. The summed E-state index contributed by atoms with van der Waals surface area (Å²) in [6.07, 6.45) is 2.09. The highest BCUT2D eigenvalue weighted by Crippen LogP contribution is 2.23. The maximum Gasteiger partial charge on any atom is 0.231 e. The molecular weight excluding hydrogens is 350 g/mol. The van der Waals surface area contributed by atoms with Crippen LogP contribution in [0.4, 0.5) is 11.4 Å². The Kier molecular flexibility index (Phi) is 6.14. The normalized spacial score (nSPS) is 10.8. The van der Waals surface area contributed by atoms with E-state index < -0.39 is 0 Å². The third kappa shape index (κ3) is 4.25. The van der Waals surface area contributed by atoms with E-state index in [9.17, 15) is 9.59 Å². The minimum atomic E-state index is -0.150. The lowest BCUT2D eigenvalue weighted by atomic mass is 10.1. The Labute approximate surface area is 166 Å². The number of hydrogen-bond acceptors (Lipinski definition) is 3. The smallest absolute Gasteiger partial charge is 0.231 e. The molecule has 0 unspecified atom stereocenters. The quantitative estimate of drug-likeness (QED) is 0.640. The first-order chi connectivity index (χ1) is 13.5.